The molecule has 0 bridgehead atoms. The van der Waals surface area contributed by atoms with Gasteiger partial charge in [0.05, 0.1) is 0 Å². The van der Waals surface area contributed by atoms with E-state index in [0.29, 0.717) is 0 Å². The van der Waals surface area contributed by atoms with Gasteiger partial charge in [-0.05, 0) is 25.2 Å². The van der Waals surface area contributed by atoms with Crippen LogP contribution in [0.1, 0.15) is 78.6 Å². The quantitative estimate of drug-likeness (QED) is 0.230. The van der Waals surface area contributed by atoms with Crippen LogP contribution in [0.5, 0.6) is 0 Å². The van der Waals surface area contributed by atoms with Gasteiger partial charge in [-0.1, -0.05) is 64.9 Å². The fraction of sp³-hybridized carbons (Fsp3) is 0.900. The van der Waals surface area contributed by atoms with Gasteiger partial charge in [0.1, 0.15) is 5.60 Å². The van der Waals surface area contributed by atoms with Gasteiger partial charge >= 0.3 is 5.97 Å². The van der Waals surface area contributed by atoms with E-state index < -0.39 is 11.6 Å². The van der Waals surface area contributed by atoms with Crippen molar-refractivity contribution >= 4 is 12.6 Å². The Morgan fingerprint density at radius 1 is 0.720 bits per heavy atom. The van der Waals surface area contributed by atoms with E-state index in [-0.39, 0.29) is 0 Å². The van der Waals surface area contributed by atoms with Gasteiger partial charge < -0.3 is 18.9 Å². The summed E-state index contributed by atoms with van der Waals surface area (Å²) in [6.07, 6.45) is 12.1. The van der Waals surface area contributed by atoms with Crippen LogP contribution in [0.4, 0.5) is 0 Å². The number of ether oxygens (including phenoxy) is 4. The molecule has 25 heavy (non-hydrogen) atoms. The summed E-state index contributed by atoms with van der Waals surface area (Å²) >= 11 is 3.74. The first-order valence-electron chi connectivity index (χ1n) is 9.49. The Morgan fingerprint density at radius 3 is 1.56 bits per heavy atom. The van der Waals surface area contributed by atoms with E-state index >= 15 is 0 Å². The number of hydrogen-bond donors (Lipinski definition) is 1. The Kier molecular flexibility index (Phi) is 18.8. The summed E-state index contributed by atoms with van der Waals surface area (Å²) in [5.74, 6) is -1.14. The lowest BCUT2D eigenvalue weighted by Crippen LogP contribution is -2.59. The number of rotatable bonds is 14. The van der Waals surface area contributed by atoms with Gasteiger partial charge in [0, 0.05) is 28.4 Å². The highest BCUT2D eigenvalue weighted by molar-refractivity contribution is 7.83. The van der Waals surface area contributed by atoms with Crippen LogP contribution in [-0.4, -0.2) is 40.0 Å². The Morgan fingerprint density at radius 2 is 1.20 bits per heavy atom. The van der Waals surface area contributed by atoms with Gasteiger partial charge in [0.2, 0.25) is 0 Å². The molecule has 0 amide bonds. The van der Waals surface area contributed by atoms with Crippen LogP contribution in [0, 0.1) is 0 Å². The highest BCUT2D eigenvalue weighted by Gasteiger charge is 2.53. The zero-order valence-corrected chi connectivity index (χ0v) is 18.5. The van der Waals surface area contributed by atoms with Crippen LogP contribution >= 0.6 is 12.6 Å². The van der Waals surface area contributed by atoms with Gasteiger partial charge in [-0.2, -0.15) is 12.6 Å². The fourth-order valence-electron chi connectivity index (χ4n) is 3.16. The lowest BCUT2D eigenvalue weighted by molar-refractivity contribution is -0.425. The Balaban J connectivity index is 0. The fourth-order valence-corrected chi connectivity index (χ4v) is 3.16. The lowest BCUT2D eigenvalue weighted by Gasteiger charge is -2.45. The first kappa shape index (κ1) is 27.2. The van der Waals surface area contributed by atoms with E-state index in [1.54, 1.807) is 33.8 Å². The first-order valence-corrected chi connectivity index (χ1v) is 10.0. The topological polar surface area (TPSA) is 36.9 Å². The maximum atomic E-state index is 5.87. The average molecular weight is 379 g/mol. The molecule has 0 saturated carbocycles. The second-order valence-corrected chi connectivity index (χ2v) is 6.42. The summed E-state index contributed by atoms with van der Waals surface area (Å²) in [6, 6.07) is 0. The molecule has 0 spiro atoms. The molecule has 0 N–H and O–H groups in total. The normalized spacial score (nSPS) is 14.2. The third-order valence-corrected chi connectivity index (χ3v) is 4.79. The van der Waals surface area contributed by atoms with Gasteiger partial charge in [-0.25, -0.2) is 0 Å². The number of methoxy groups -OCH3 is 4. The van der Waals surface area contributed by atoms with Crippen molar-refractivity contribution in [1.29, 1.82) is 0 Å². The molecule has 0 radical (unpaired) electrons. The molecule has 0 aliphatic heterocycles. The summed E-state index contributed by atoms with van der Waals surface area (Å²) in [5.41, 5.74) is -0.565. The summed E-state index contributed by atoms with van der Waals surface area (Å²) in [6.45, 7) is 6.30. The molecule has 0 rings (SSSR count). The molecule has 5 heteroatoms. The van der Waals surface area contributed by atoms with Gasteiger partial charge in [0.15, 0.2) is 0 Å². The van der Waals surface area contributed by atoms with Crippen LogP contribution in [0.2, 0.25) is 0 Å². The van der Waals surface area contributed by atoms with E-state index in [1.165, 1.54) is 32.1 Å². The van der Waals surface area contributed by atoms with Crippen LogP contribution in [0.3, 0.4) is 0 Å². The summed E-state index contributed by atoms with van der Waals surface area (Å²) in [7, 11) is 6.55. The minimum Gasteiger partial charge on any atom is -0.370 e. The number of allylic oxidation sites excluding steroid dienone is 1. The zero-order chi connectivity index (χ0) is 19.6. The standard InChI is InChI=1S/C17H36O4.C3H6S/c1-7-9-10-11-12-13-15-16(18-3,14-8-2)17(19-4,20-5)21-6;1-2-3-4/h7-15H2,1-6H3;2-4H,1H3. The molecule has 0 aromatic heterocycles. The summed E-state index contributed by atoms with van der Waals surface area (Å²) in [5, 5.41) is 1.69. The summed E-state index contributed by atoms with van der Waals surface area (Å²) in [4.78, 5) is 0. The molecule has 1 unspecified atom stereocenters. The second kappa shape index (κ2) is 17.3. The molecule has 0 aliphatic carbocycles. The third kappa shape index (κ3) is 9.43. The monoisotopic (exact) mass is 378 g/mol. The van der Waals surface area contributed by atoms with E-state index in [9.17, 15) is 0 Å². The first-order chi connectivity index (χ1) is 12.0. The van der Waals surface area contributed by atoms with Crippen molar-refractivity contribution < 1.29 is 18.9 Å². The molecule has 0 fully saturated rings. The van der Waals surface area contributed by atoms with Crippen molar-refractivity contribution in [3.8, 4) is 0 Å². The molecule has 4 nitrogen and oxygen atoms in total. The van der Waals surface area contributed by atoms with Crippen LogP contribution in [0.25, 0.3) is 0 Å². The second-order valence-electron chi connectivity index (χ2n) is 6.12. The average Bonchev–Trinajstić information content (AvgIpc) is 2.66. The van der Waals surface area contributed by atoms with E-state index in [1.807, 2.05) is 13.0 Å². The molecule has 0 saturated heterocycles. The highest BCUT2D eigenvalue weighted by Crippen LogP contribution is 2.39. The number of hydrogen-bond acceptors (Lipinski definition) is 5. The molecule has 1 atom stereocenters. The van der Waals surface area contributed by atoms with Crippen molar-refractivity contribution in [2.45, 2.75) is 90.1 Å². The van der Waals surface area contributed by atoms with E-state index in [4.69, 9.17) is 18.9 Å². The molecule has 0 aromatic carbocycles. The minimum absolute atomic E-state index is 0.565. The third-order valence-electron chi connectivity index (χ3n) is 4.49. The van der Waals surface area contributed by atoms with Crippen LogP contribution < -0.4 is 0 Å². The van der Waals surface area contributed by atoms with E-state index in [0.717, 1.165) is 25.7 Å². The molecule has 0 aromatic rings. The maximum Gasteiger partial charge on any atom is 0.313 e. The lowest BCUT2D eigenvalue weighted by atomic mass is 9.87. The largest absolute Gasteiger partial charge is 0.370 e. The Labute approximate surface area is 162 Å². The molecule has 152 valence electrons. The maximum absolute atomic E-state index is 5.87. The Bertz CT molecular complexity index is 294. The molecular weight excluding hydrogens is 336 g/mol. The summed E-state index contributed by atoms with van der Waals surface area (Å²) < 4.78 is 22.6. The molecule has 0 aliphatic rings. The van der Waals surface area contributed by atoms with Crippen LogP contribution in [-0.2, 0) is 18.9 Å². The Hall–Kier alpha value is -0.0700. The van der Waals surface area contributed by atoms with Gasteiger partial charge in [0.25, 0.3) is 0 Å². The smallest absolute Gasteiger partial charge is 0.313 e. The van der Waals surface area contributed by atoms with Gasteiger partial charge in [-0.3, -0.25) is 0 Å². The van der Waals surface area contributed by atoms with Crippen molar-refractivity contribution in [2.75, 3.05) is 28.4 Å². The van der Waals surface area contributed by atoms with Crippen molar-refractivity contribution in [1.82, 2.24) is 0 Å². The molecular formula is C20H42O4S. The predicted molar refractivity (Wildman–Crippen MR) is 110 cm³/mol. The van der Waals surface area contributed by atoms with Crippen molar-refractivity contribution in [3.63, 3.8) is 0 Å². The number of unbranched alkanes of at least 4 members (excludes halogenated alkanes) is 5. The van der Waals surface area contributed by atoms with E-state index in [2.05, 4.69) is 26.5 Å². The number of thiol groups is 1. The predicted octanol–water partition coefficient (Wildman–Crippen LogP) is 5.97. The highest BCUT2D eigenvalue weighted by atomic mass is 32.1. The van der Waals surface area contributed by atoms with Crippen molar-refractivity contribution in [3.05, 3.63) is 11.5 Å². The SMILES string of the molecule is CC=CS.CCCCCCCCC(CCC)(OC)C(OC)(OC)OC. The zero-order valence-electron chi connectivity index (χ0n) is 17.6. The van der Waals surface area contributed by atoms with Gasteiger partial charge in [-0.15, -0.1) is 0 Å². The van der Waals surface area contributed by atoms with Crippen LogP contribution in [0.15, 0.2) is 11.5 Å². The van der Waals surface area contributed by atoms with Crippen molar-refractivity contribution in [2.24, 2.45) is 0 Å². The molecule has 0 heterocycles. The minimum atomic E-state index is -1.14.